The van der Waals surface area contributed by atoms with Gasteiger partial charge in [-0.2, -0.15) is 0 Å². The van der Waals surface area contributed by atoms with Crippen LogP contribution in [-0.2, 0) is 0 Å². The third-order valence-corrected chi connectivity index (χ3v) is 7.62. The van der Waals surface area contributed by atoms with Gasteiger partial charge in [0.1, 0.15) is 11.2 Å². The molecular weight excluding hydrogens is 462 g/mol. The monoisotopic (exact) mass is 485 g/mol. The van der Waals surface area contributed by atoms with Gasteiger partial charge >= 0.3 is 0 Å². The van der Waals surface area contributed by atoms with Crippen molar-refractivity contribution in [1.29, 1.82) is 0 Å². The molecule has 0 saturated carbocycles. The van der Waals surface area contributed by atoms with Gasteiger partial charge in [-0.1, -0.05) is 91.0 Å². The third-order valence-electron chi connectivity index (χ3n) is 7.62. The van der Waals surface area contributed by atoms with E-state index in [4.69, 9.17) is 4.42 Å². The molecule has 0 fully saturated rings. The Hall–Kier alpha value is -5.08. The maximum absolute atomic E-state index is 6.18. The molecule has 2 aromatic heterocycles. The highest BCUT2D eigenvalue weighted by atomic mass is 16.3. The van der Waals surface area contributed by atoms with Gasteiger partial charge in [0.25, 0.3) is 0 Å². The predicted octanol–water partition coefficient (Wildman–Crippen LogP) is 10.0. The van der Waals surface area contributed by atoms with Crippen molar-refractivity contribution >= 4 is 43.7 Å². The summed E-state index contributed by atoms with van der Waals surface area (Å²) in [6, 6.07) is 49.6. The smallest absolute Gasteiger partial charge is 0.135 e. The largest absolute Gasteiger partial charge is 0.456 e. The average molecular weight is 486 g/mol. The molecular formula is C36H23NO. The van der Waals surface area contributed by atoms with Gasteiger partial charge in [-0.25, -0.2) is 0 Å². The zero-order valence-corrected chi connectivity index (χ0v) is 20.6. The molecule has 2 heterocycles. The molecule has 2 heteroatoms. The summed E-state index contributed by atoms with van der Waals surface area (Å²) < 4.78 is 8.53. The molecule has 8 rings (SSSR count). The van der Waals surface area contributed by atoms with Crippen LogP contribution >= 0.6 is 0 Å². The first-order valence-electron chi connectivity index (χ1n) is 12.9. The number of furan rings is 1. The summed E-state index contributed by atoms with van der Waals surface area (Å²) in [6.07, 6.45) is 0. The summed E-state index contributed by atoms with van der Waals surface area (Å²) in [5, 5.41) is 4.84. The number of hydrogen-bond acceptors (Lipinski definition) is 1. The van der Waals surface area contributed by atoms with Crippen molar-refractivity contribution < 1.29 is 4.42 Å². The summed E-state index contributed by atoms with van der Waals surface area (Å²) in [6.45, 7) is 0. The van der Waals surface area contributed by atoms with Crippen LogP contribution in [0.2, 0.25) is 0 Å². The first-order chi connectivity index (χ1) is 18.8. The minimum absolute atomic E-state index is 0.913. The van der Waals surface area contributed by atoms with E-state index in [1.807, 2.05) is 6.07 Å². The Kier molecular flexibility index (Phi) is 4.55. The lowest BCUT2D eigenvalue weighted by molar-refractivity contribution is 0.669. The fourth-order valence-electron chi connectivity index (χ4n) is 5.77. The minimum atomic E-state index is 0.913. The van der Waals surface area contributed by atoms with E-state index in [-0.39, 0.29) is 0 Å². The fraction of sp³-hybridized carbons (Fsp3) is 0. The molecule has 0 saturated heterocycles. The van der Waals surface area contributed by atoms with Gasteiger partial charge in [0.15, 0.2) is 0 Å². The van der Waals surface area contributed by atoms with Gasteiger partial charge in [0.2, 0.25) is 0 Å². The maximum atomic E-state index is 6.18. The Morgan fingerprint density at radius 3 is 1.42 bits per heavy atom. The maximum Gasteiger partial charge on any atom is 0.135 e. The van der Waals surface area contributed by atoms with Crippen LogP contribution in [0.15, 0.2) is 144 Å². The molecule has 0 spiro atoms. The molecule has 0 atom stereocenters. The quantitative estimate of drug-likeness (QED) is 0.243. The van der Waals surface area contributed by atoms with Gasteiger partial charge in [-0.3, -0.25) is 0 Å². The van der Waals surface area contributed by atoms with Crippen LogP contribution in [0.25, 0.3) is 71.7 Å². The molecule has 178 valence electrons. The van der Waals surface area contributed by atoms with E-state index in [9.17, 15) is 0 Å². The van der Waals surface area contributed by atoms with Crippen LogP contribution in [0.4, 0.5) is 0 Å². The van der Waals surface area contributed by atoms with Crippen molar-refractivity contribution in [2.75, 3.05) is 0 Å². The third kappa shape index (κ3) is 3.21. The number of aromatic nitrogens is 1. The number of hydrogen-bond donors (Lipinski definition) is 0. The van der Waals surface area contributed by atoms with Gasteiger partial charge in [0.05, 0.1) is 11.0 Å². The van der Waals surface area contributed by atoms with E-state index >= 15 is 0 Å². The van der Waals surface area contributed by atoms with Crippen molar-refractivity contribution in [3.8, 4) is 27.9 Å². The lowest BCUT2D eigenvalue weighted by Crippen LogP contribution is -1.93. The first-order valence-corrected chi connectivity index (χ1v) is 12.9. The molecule has 2 nitrogen and oxygen atoms in total. The number of benzene rings is 6. The van der Waals surface area contributed by atoms with Crippen molar-refractivity contribution in [1.82, 2.24) is 4.57 Å². The minimum Gasteiger partial charge on any atom is -0.456 e. The van der Waals surface area contributed by atoms with Crippen LogP contribution in [0.5, 0.6) is 0 Å². The zero-order valence-electron chi connectivity index (χ0n) is 20.6. The van der Waals surface area contributed by atoms with E-state index in [0.29, 0.717) is 0 Å². The summed E-state index contributed by atoms with van der Waals surface area (Å²) in [5.74, 6) is 0. The molecule has 0 radical (unpaired) electrons. The van der Waals surface area contributed by atoms with Crippen molar-refractivity contribution in [3.63, 3.8) is 0 Å². The van der Waals surface area contributed by atoms with Gasteiger partial charge in [-0.05, 0) is 70.8 Å². The van der Waals surface area contributed by atoms with E-state index in [2.05, 4.69) is 138 Å². The predicted molar refractivity (Wildman–Crippen MR) is 159 cm³/mol. The number of rotatable bonds is 3. The van der Waals surface area contributed by atoms with Crippen LogP contribution in [0.1, 0.15) is 0 Å². The van der Waals surface area contributed by atoms with Crippen molar-refractivity contribution in [3.05, 3.63) is 140 Å². The molecule has 38 heavy (non-hydrogen) atoms. The Labute approximate surface area is 220 Å². The highest BCUT2D eigenvalue weighted by Gasteiger charge is 2.13. The van der Waals surface area contributed by atoms with Crippen LogP contribution < -0.4 is 0 Å². The molecule has 0 amide bonds. The molecule has 8 aromatic rings. The molecule has 0 aliphatic carbocycles. The Balaban J connectivity index is 1.23. The number of para-hydroxylation sites is 2. The SMILES string of the molecule is c1ccc(-c2ccc3oc4ccc(-c5ccc(-n6c7ccccc7c7ccccc76)cc5)cc4c3c2)cc1. The standard InChI is InChI=1S/C36H23NO/c1-2-8-24(9-3-1)26-16-20-35-31(22-26)32-23-27(17-21-36(32)38-35)25-14-18-28(19-15-25)37-33-12-6-4-10-29(33)30-11-5-7-13-34(30)37/h1-23H. The first kappa shape index (κ1) is 21.0. The number of fused-ring (bicyclic) bond motifs is 6. The molecule has 0 aliphatic rings. The normalized spacial score (nSPS) is 11.7. The van der Waals surface area contributed by atoms with E-state index in [0.717, 1.165) is 27.6 Å². The Morgan fingerprint density at radius 1 is 0.368 bits per heavy atom. The van der Waals surface area contributed by atoms with Crippen molar-refractivity contribution in [2.24, 2.45) is 0 Å². The Bertz CT molecular complexity index is 2060. The van der Waals surface area contributed by atoms with Crippen LogP contribution in [-0.4, -0.2) is 4.57 Å². The highest BCUT2D eigenvalue weighted by Crippen LogP contribution is 2.36. The molecule has 0 aliphatic heterocycles. The van der Waals surface area contributed by atoms with Crippen LogP contribution in [0, 0.1) is 0 Å². The second-order valence-corrected chi connectivity index (χ2v) is 9.81. The highest BCUT2D eigenvalue weighted by molar-refractivity contribution is 6.09. The summed E-state index contributed by atoms with van der Waals surface area (Å²) in [4.78, 5) is 0. The van der Waals surface area contributed by atoms with Crippen LogP contribution in [0.3, 0.4) is 0 Å². The van der Waals surface area contributed by atoms with E-state index in [1.54, 1.807) is 0 Å². The topological polar surface area (TPSA) is 18.1 Å². The molecule has 0 bridgehead atoms. The van der Waals surface area contributed by atoms with Gasteiger partial charge < -0.3 is 8.98 Å². The lowest BCUT2D eigenvalue weighted by atomic mass is 10.00. The second kappa shape index (κ2) is 8.22. The van der Waals surface area contributed by atoms with E-state index < -0.39 is 0 Å². The average Bonchev–Trinajstić information content (AvgIpc) is 3.53. The zero-order chi connectivity index (χ0) is 25.1. The van der Waals surface area contributed by atoms with E-state index in [1.165, 1.54) is 44.1 Å². The van der Waals surface area contributed by atoms with Gasteiger partial charge in [0, 0.05) is 27.2 Å². The van der Waals surface area contributed by atoms with Crippen molar-refractivity contribution in [2.45, 2.75) is 0 Å². The molecule has 0 N–H and O–H groups in total. The molecule has 6 aromatic carbocycles. The summed E-state index contributed by atoms with van der Waals surface area (Å²) >= 11 is 0. The number of nitrogens with zero attached hydrogens (tertiary/aromatic N) is 1. The Morgan fingerprint density at radius 2 is 0.842 bits per heavy atom. The summed E-state index contributed by atoms with van der Waals surface area (Å²) in [7, 11) is 0. The lowest BCUT2D eigenvalue weighted by Gasteiger charge is -2.09. The fourth-order valence-corrected chi connectivity index (χ4v) is 5.77. The molecule has 0 unspecified atom stereocenters. The second-order valence-electron chi connectivity index (χ2n) is 9.81. The summed E-state index contributed by atoms with van der Waals surface area (Å²) in [5.41, 5.74) is 10.2. The van der Waals surface area contributed by atoms with Gasteiger partial charge in [-0.15, -0.1) is 0 Å².